The zero-order chi connectivity index (χ0) is 12.6. The molecule has 0 bridgehead atoms. The summed E-state index contributed by atoms with van der Waals surface area (Å²) in [6.07, 6.45) is 0.570. The zero-order valence-corrected chi connectivity index (χ0v) is 12.0. The van der Waals surface area contributed by atoms with Crippen LogP contribution < -0.4 is 0 Å². The van der Waals surface area contributed by atoms with Gasteiger partial charge in [0.1, 0.15) is 5.82 Å². The van der Waals surface area contributed by atoms with E-state index in [0.717, 1.165) is 0 Å². The molecule has 0 radical (unpaired) electrons. The summed E-state index contributed by atoms with van der Waals surface area (Å²) in [5.41, 5.74) is 0.469. The van der Waals surface area contributed by atoms with Gasteiger partial charge in [0, 0.05) is 15.4 Å². The highest BCUT2D eigenvalue weighted by Gasteiger charge is 2.34. The lowest BCUT2D eigenvalue weighted by Crippen LogP contribution is -2.11. The van der Waals surface area contributed by atoms with Crippen molar-refractivity contribution in [3.8, 4) is 0 Å². The Balaban J connectivity index is 2.23. The van der Waals surface area contributed by atoms with E-state index in [1.807, 2.05) is 0 Å². The highest BCUT2D eigenvalue weighted by molar-refractivity contribution is 9.09. The Morgan fingerprint density at radius 3 is 2.71 bits per heavy atom. The molecule has 0 amide bonds. The fourth-order valence-corrected chi connectivity index (χ4v) is 5.10. The first-order chi connectivity index (χ1) is 7.89. The topological polar surface area (TPSA) is 34.1 Å². The van der Waals surface area contributed by atoms with Crippen molar-refractivity contribution in [1.29, 1.82) is 0 Å². The van der Waals surface area contributed by atoms with E-state index in [-0.39, 0.29) is 22.3 Å². The lowest BCUT2D eigenvalue weighted by molar-refractivity contribution is 0.546. The number of halogens is 3. The quantitative estimate of drug-likeness (QED) is 0.773. The van der Waals surface area contributed by atoms with Gasteiger partial charge < -0.3 is 0 Å². The molecule has 0 aliphatic carbocycles. The summed E-state index contributed by atoms with van der Waals surface area (Å²) >= 11 is 9.07. The molecule has 1 aromatic carbocycles. The lowest BCUT2D eigenvalue weighted by Gasteiger charge is -2.17. The van der Waals surface area contributed by atoms with Gasteiger partial charge in [-0.15, -0.1) is 0 Å². The summed E-state index contributed by atoms with van der Waals surface area (Å²) in [6, 6.07) is 4.45. The van der Waals surface area contributed by atoms with Gasteiger partial charge in [-0.3, -0.25) is 0 Å². The van der Waals surface area contributed by atoms with Crippen LogP contribution in [-0.4, -0.2) is 19.9 Å². The van der Waals surface area contributed by atoms with E-state index in [1.165, 1.54) is 6.07 Å². The lowest BCUT2D eigenvalue weighted by atomic mass is 9.98. The van der Waals surface area contributed by atoms with Crippen LogP contribution in [-0.2, 0) is 9.84 Å². The van der Waals surface area contributed by atoms with Crippen LogP contribution in [0.3, 0.4) is 0 Å². The average molecular weight is 342 g/mol. The first-order valence-electron chi connectivity index (χ1n) is 5.18. The van der Waals surface area contributed by atoms with Gasteiger partial charge in [0.15, 0.2) is 9.84 Å². The second kappa shape index (κ2) is 4.86. The molecular weight excluding hydrogens is 331 g/mol. The van der Waals surface area contributed by atoms with Gasteiger partial charge in [0.25, 0.3) is 0 Å². The van der Waals surface area contributed by atoms with Gasteiger partial charge in [-0.05, 0) is 24.5 Å². The van der Waals surface area contributed by atoms with Crippen LogP contribution in [0.5, 0.6) is 0 Å². The molecule has 94 valence electrons. The molecule has 1 aliphatic rings. The molecule has 1 aromatic rings. The smallest absolute Gasteiger partial charge is 0.150 e. The average Bonchev–Trinajstić information content (AvgIpc) is 2.58. The standard InChI is InChI=1S/C11H11BrClFO2S/c12-11(7-3-4-17(15,16)6-7)9-2-1-8(13)5-10(9)14/h1-2,5,7,11H,3-4,6H2. The maximum absolute atomic E-state index is 13.7. The Hall–Kier alpha value is -0.130. The number of rotatable bonds is 2. The van der Waals surface area contributed by atoms with Crippen LogP contribution in [0.4, 0.5) is 4.39 Å². The van der Waals surface area contributed by atoms with Crippen molar-refractivity contribution >= 4 is 37.4 Å². The molecule has 2 nitrogen and oxygen atoms in total. The summed E-state index contributed by atoms with van der Waals surface area (Å²) in [7, 11) is -2.95. The number of hydrogen-bond acceptors (Lipinski definition) is 2. The van der Waals surface area contributed by atoms with Crippen molar-refractivity contribution in [2.75, 3.05) is 11.5 Å². The van der Waals surface area contributed by atoms with Crippen LogP contribution in [0.15, 0.2) is 18.2 Å². The summed E-state index contributed by atoms with van der Waals surface area (Å²) < 4.78 is 36.4. The summed E-state index contributed by atoms with van der Waals surface area (Å²) in [4.78, 5) is -0.281. The van der Waals surface area contributed by atoms with E-state index in [0.29, 0.717) is 17.0 Å². The minimum atomic E-state index is -2.95. The Morgan fingerprint density at radius 2 is 2.18 bits per heavy atom. The van der Waals surface area contributed by atoms with Crippen molar-refractivity contribution in [2.45, 2.75) is 11.2 Å². The highest BCUT2D eigenvalue weighted by Crippen LogP contribution is 2.39. The van der Waals surface area contributed by atoms with Crippen molar-refractivity contribution < 1.29 is 12.8 Å². The molecule has 0 spiro atoms. The van der Waals surface area contributed by atoms with Gasteiger partial charge in [-0.1, -0.05) is 33.6 Å². The van der Waals surface area contributed by atoms with Gasteiger partial charge in [-0.25, -0.2) is 12.8 Å². The van der Waals surface area contributed by atoms with E-state index in [2.05, 4.69) is 15.9 Å². The zero-order valence-electron chi connectivity index (χ0n) is 8.87. The predicted molar refractivity (Wildman–Crippen MR) is 69.8 cm³/mol. The number of sulfone groups is 1. The SMILES string of the molecule is O=S1(=O)CCC(C(Br)c2ccc(Cl)cc2F)C1. The second-order valence-electron chi connectivity index (χ2n) is 4.23. The molecule has 0 saturated carbocycles. The summed E-state index contributed by atoms with van der Waals surface area (Å²) in [5.74, 6) is -0.167. The molecule has 0 N–H and O–H groups in total. The minimum absolute atomic E-state index is 0.0734. The maximum Gasteiger partial charge on any atom is 0.150 e. The first-order valence-corrected chi connectivity index (χ1v) is 8.30. The molecule has 1 heterocycles. The molecule has 2 rings (SSSR count). The molecule has 2 unspecified atom stereocenters. The van der Waals surface area contributed by atoms with Crippen LogP contribution in [0.25, 0.3) is 0 Å². The van der Waals surface area contributed by atoms with Gasteiger partial charge in [0.2, 0.25) is 0 Å². The Bertz CT molecular complexity index is 532. The van der Waals surface area contributed by atoms with E-state index in [4.69, 9.17) is 11.6 Å². The second-order valence-corrected chi connectivity index (χ2v) is 7.88. The van der Waals surface area contributed by atoms with Crippen molar-refractivity contribution in [3.63, 3.8) is 0 Å². The predicted octanol–water partition coefficient (Wildman–Crippen LogP) is 3.35. The summed E-state index contributed by atoms with van der Waals surface area (Å²) in [6.45, 7) is 0. The number of benzene rings is 1. The third-order valence-corrected chi connectivity index (χ3v) is 6.21. The molecule has 2 atom stereocenters. The third-order valence-electron chi connectivity index (χ3n) is 2.94. The maximum atomic E-state index is 13.7. The highest BCUT2D eigenvalue weighted by atomic mass is 79.9. The molecule has 0 aromatic heterocycles. The normalized spacial score (nSPS) is 24.8. The summed E-state index contributed by atoms with van der Waals surface area (Å²) in [5, 5.41) is 0.338. The van der Waals surface area contributed by atoms with Crippen molar-refractivity contribution in [1.82, 2.24) is 0 Å². The van der Waals surface area contributed by atoms with Crippen LogP contribution in [0.1, 0.15) is 16.8 Å². The first kappa shape index (κ1) is 13.3. The number of alkyl halides is 1. The fourth-order valence-electron chi connectivity index (χ4n) is 2.03. The molecule has 6 heteroatoms. The van der Waals surface area contributed by atoms with E-state index >= 15 is 0 Å². The molecular formula is C11H11BrClFO2S. The van der Waals surface area contributed by atoms with Crippen LogP contribution >= 0.6 is 27.5 Å². The minimum Gasteiger partial charge on any atom is -0.229 e. The van der Waals surface area contributed by atoms with E-state index in [1.54, 1.807) is 12.1 Å². The molecule has 1 aliphatic heterocycles. The monoisotopic (exact) mass is 340 g/mol. The van der Waals surface area contributed by atoms with Crippen molar-refractivity contribution in [3.05, 3.63) is 34.6 Å². The Labute approximate surface area is 113 Å². The Kier molecular flexibility index (Phi) is 3.80. The number of hydrogen-bond donors (Lipinski definition) is 0. The van der Waals surface area contributed by atoms with E-state index in [9.17, 15) is 12.8 Å². The van der Waals surface area contributed by atoms with Crippen LogP contribution in [0, 0.1) is 11.7 Å². The van der Waals surface area contributed by atoms with Gasteiger partial charge in [-0.2, -0.15) is 0 Å². The van der Waals surface area contributed by atoms with Gasteiger partial charge >= 0.3 is 0 Å². The Morgan fingerprint density at radius 1 is 1.47 bits per heavy atom. The molecule has 1 fully saturated rings. The molecule has 1 saturated heterocycles. The third kappa shape index (κ3) is 3.01. The fraction of sp³-hybridized carbons (Fsp3) is 0.455. The van der Waals surface area contributed by atoms with Crippen LogP contribution in [0.2, 0.25) is 5.02 Å². The molecule has 17 heavy (non-hydrogen) atoms. The van der Waals surface area contributed by atoms with Gasteiger partial charge in [0.05, 0.1) is 11.5 Å². The van der Waals surface area contributed by atoms with Crippen molar-refractivity contribution in [2.24, 2.45) is 5.92 Å². The van der Waals surface area contributed by atoms with E-state index < -0.39 is 15.7 Å². The largest absolute Gasteiger partial charge is 0.229 e.